The molecule has 0 unspecified atom stereocenters. The first kappa shape index (κ1) is 21.0. The van der Waals surface area contributed by atoms with Gasteiger partial charge in [0, 0.05) is 34.2 Å². The Bertz CT molecular complexity index is 1050. The Balaban J connectivity index is 1.49. The van der Waals surface area contributed by atoms with Crippen LogP contribution in [0.5, 0.6) is 5.75 Å². The van der Waals surface area contributed by atoms with Crippen LogP contribution in [0.15, 0.2) is 72.1 Å². The van der Waals surface area contributed by atoms with Crippen LogP contribution in [0.4, 0.5) is 5.69 Å². The summed E-state index contributed by atoms with van der Waals surface area (Å²) in [5, 5.41) is 7.25. The lowest BCUT2D eigenvalue weighted by Gasteiger charge is -2.10. The average molecular weight is 423 g/mol. The third-order valence-corrected chi connectivity index (χ3v) is 4.50. The topological polar surface area (TPSA) is 92.7 Å². The van der Waals surface area contributed by atoms with Crippen molar-refractivity contribution in [1.82, 2.24) is 10.4 Å². The van der Waals surface area contributed by atoms with E-state index in [-0.39, 0.29) is 12.5 Å². The van der Waals surface area contributed by atoms with Gasteiger partial charge in [-0.2, -0.15) is 5.10 Å². The maximum atomic E-state index is 12.4. The van der Waals surface area contributed by atoms with Gasteiger partial charge in [0.25, 0.3) is 11.8 Å². The number of ether oxygens (including phenoxy) is 1. The van der Waals surface area contributed by atoms with Gasteiger partial charge in [0.15, 0.2) is 6.61 Å². The lowest BCUT2D eigenvalue weighted by molar-refractivity contribution is -0.123. The average Bonchev–Trinajstić information content (AvgIpc) is 2.76. The highest BCUT2D eigenvalue weighted by Crippen LogP contribution is 2.23. The van der Waals surface area contributed by atoms with Gasteiger partial charge in [0.1, 0.15) is 5.75 Å². The van der Waals surface area contributed by atoms with Crippen LogP contribution in [-0.2, 0) is 4.79 Å². The largest absolute Gasteiger partial charge is 0.484 e. The van der Waals surface area contributed by atoms with E-state index < -0.39 is 5.91 Å². The van der Waals surface area contributed by atoms with Crippen LogP contribution in [0.1, 0.15) is 21.5 Å². The number of hydrogen-bond acceptors (Lipinski definition) is 5. The highest BCUT2D eigenvalue weighted by atomic mass is 35.5. The molecule has 0 fully saturated rings. The van der Waals surface area contributed by atoms with E-state index in [0.29, 0.717) is 22.0 Å². The molecule has 2 amide bonds. The molecular weight excluding hydrogens is 404 g/mol. The Morgan fingerprint density at radius 2 is 1.93 bits per heavy atom. The minimum Gasteiger partial charge on any atom is -0.484 e. The number of amides is 2. The summed E-state index contributed by atoms with van der Waals surface area (Å²) in [6.45, 7) is 1.62. The van der Waals surface area contributed by atoms with E-state index in [1.54, 1.807) is 60.9 Å². The number of anilines is 1. The Morgan fingerprint density at radius 1 is 1.13 bits per heavy atom. The summed E-state index contributed by atoms with van der Waals surface area (Å²) < 4.78 is 5.41. The van der Waals surface area contributed by atoms with E-state index in [1.807, 2.05) is 13.0 Å². The van der Waals surface area contributed by atoms with Crippen molar-refractivity contribution in [2.45, 2.75) is 6.92 Å². The van der Waals surface area contributed by atoms with E-state index >= 15 is 0 Å². The zero-order chi connectivity index (χ0) is 21.3. The fraction of sp³-hybridized carbons (Fsp3) is 0.0909. The van der Waals surface area contributed by atoms with E-state index in [2.05, 4.69) is 20.8 Å². The van der Waals surface area contributed by atoms with Gasteiger partial charge < -0.3 is 10.1 Å². The van der Waals surface area contributed by atoms with Crippen molar-refractivity contribution in [1.29, 1.82) is 0 Å². The third-order valence-electron chi connectivity index (χ3n) is 4.09. The number of rotatable bonds is 7. The van der Waals surface area contributed by atoms with Crippen LogP contribution in [0.25, 0.3) is 0 Å². The monoisotopic (exact) mass is 422 g/mol. The second-order valence-electron chi connectivity index (χ2n) is 6.26. The Morgan fingerprint density at radius 3 is 2.67 bits per heavy atom. The Labute approximate surface area is 178 Å². The molecule has 0 aliphatic rings. The lowest BCUT2D eigenvalue weighted by Crippen LogP contribution is -2.24. The summed E-state index contributed by atoms with van der Waals surface area (Å²) in [6.07, 6.45) is 4.76. The molecule has 0 atom stereocenters. The van der Waals surface area contributed by atoms with E-state index in [9.17, 15) is 9.59 Å². The summed E-state index contributed by atoms with van der Waals surface area (Å²) in [6, 6.07) is 15.4. The number of hydrazone groups is 1. The Kier molecular flexibility index (Phi) is 7.13. The molecule has 1 heterocycles. The maximum Gasteiger partial charge on any atom is 0.277 e. The van der Waals surface area contributed by atoms with Crippen LogP contribution < -0.4 is 15.5 Å². The van der Waals surface area contributed by atoms with Gasteiger partial charge in [-0.1, -0.05) is 23.7 Å². The molecule has 2 N–H and O–H groups in total. The molecule has 0 aliphatic heterocycles. The number of hydrogen-bond donors (Lipinski definition) is 2. The molecule has 0 spiro atoms. The molecule has 2 aromatic carbocycles. The molecule has 8 heteroatoms. The molecule has 0 radical (unpaired) electrons. The van der Waals surface area contributed by atoms with Crippen LogP contribution in [-0.4, -0.2) is 29.6 Å². The van der Waals surface area contributed by atoms with E-state index in [0.717, 1.165) is 11.1 Å². The van der Waals surface area contributed by atoms with Crippen molar-refractivity contribution >= 4 is 35.3 Å². The fourth-order valence-electron chi connectivity index (χ4n) is 2.45. The number of nitrogens with one attached hydrogen (secondary N) is 2. The SMILES string of the molecule is Cc1c(Cl)cccc1NC(=O)c1ccc(OCC(=O)N/N=C/c2cccnc2)cc1. The van der Waals surface area contributed by atoms with Crippen LogP contribution in [0.3, 0.4) is 0 Å². The summed E-state index contributed by atoms with van der Waals surface area (Å²) in [5.74, 6) is -0.223. The number of halogens is 1. The Hall–Kier alpha value is -3.71. The molecule has 30 heavy (non-hydrogen) atoms. The minimum absolute atomic E-state index is 0.211. The molecule has 0 aliphatic carbocycles. The molecule has 7 nitrogen and oxygen atoms in total. The van der Waals surface area contributed by atoms with E-state index in [1.165, 1.54) is 6.21 Å². The zero-order valence-corrected chi connectivity index (χ0v) is 16.9. The predicted octanol–water partition coefficient (Wildman–Crippen LogP) is 3.82. The van der Waals surface area contributed by atoms with Gasteiger partial charge in [0.2, 0.25) is 0 Å². The molecule has 152 valence electrons. The molecule has 0 saturated heterocycles. The number of carbonyl (C=O) groups excluding carboxylic acids is 2. The van der Waals surface area contributed by atoms with E-state index in [4.69, 9.17) is 16.3 Å². The lowest BCUT2D eigenvalue weighted by atomic mass is 10.1. The highest BCUT2D eigenvalue weighted by Gasteiger charge is 2.10. The van der Waals surface area contributed by atoms with Gasteiger partial charge in [-0.05, 0) is 55.0 Å². The van der Waals surface area contributed by atoms with Crippen molar-refractivity contribution in [3.05, 3.63) is 88.7 Å². The number of nitrogens with zero attached hydrogens (tertiary/aromatic N) is 2. The summed E-state index contributed by atoms with van der Waals surface area (Å²) in [5.41, 5.74) is 5.03. The summed E-state index contributed by atoms with van der Waals surface area (Å²) in [4.78, 5) is 28.2. The molecule has 3 rings (SSSR count). The normalized spacial score (nSPS) is 10.6. The van der Waals surface area contributed by atoms with Gasteiger partial charge in [-0.3, -0.25) is 14.6 Å². The molecule has 0 bridgehead atoms. The van der Waals surface area contributed by atoms with Crippen LogP contribution in [0, 0.1) is 6.92 Å². The number of benzene rings is 2. The number of carbonyl (C=O) groups is 2. The number of aromatic nitrogens is 1. The summed E-state index contributed by atoms with van der Waals surface area (Å²) in [7, 11) is 0. The standard InChI is InChI=1S/C22H19ClN4O3/c1-15-19(23)5-2-6-20(15)26-22(29)17-7-9-18(10-8-17)30-14-21(28)27-25-13-16-4-3-11-24-12-16/h2-13H,14H2,1H3,(H,26,29)(H,27,28)/b25-13+. The fourth-order valence-corrected chi connectivity index (χ4v) is 2.63. The van der Waals surface area contributed by atoms with Crippen molar-refractivity contribution in [3.63, 3.8) is 0 Å². The first-order valence-electron chi connectivity index (χ1n) is 9.04. The van der Waals surface area contributed by atoms with Crippen LogP contribution in [0.2, 0.25) is 5.02 Å². The van der Waals surface area contributed by atoms with Crippen molar-refractivity contribution in [2.75, 3.05) is 11.9 Å². The van der Waals surface area contributed by atoms with Gasteiger partial charge in [-0.25, -0.2) is 5.43 Å². The maximum absolute atomic E-state index is 12.4. The van der Waals surface area contributed by atoms with Gasteiger partial charge in [0.05, 0.1) is 6.21 Å². The molecule has 0 saturated carbocycles. The molecule has 3 aromatic rings. The van der Waals surface area contributed by atoms with Crippen molar-refractivity contribution in [2.24, 2.45) is 5.10 Å². The first-order chi connectivity index (χ1) is 14.5. The van der Waals surface area contributed by atoms with Crippen molar-refractivity contribution < 1.29 is 14.3 Å². The summed E-state index contributed by atoms with van der Waals surface area (Å²) >= 11 is 6.08. The predicted molar refractivity (Wildman–Crippen MR) is 116 cm³/mol. The smallest absolute Gasteiger partial charge is 0.277 e. The second kappa shape index (κ2) is 10.2. The molecular formula is C22H19ClN4O3. The van der Waals surface area contributed by atoms with Crippen molar-refractivity contribution in [3.8, 4) is 5.75 Å². The van der Waals surface area contributed by atoms with Gasteiger partial charge >= 0.3 is 0 Å². The molecule has 1 aromatic heterocycles. The van der Waals surface area contributed by atoms with Gasteiger partial charge in [-0.15, -0.1) is 0 Å². The van der Waals surface area contributed by atoms with Crippen LogP contribution >= 0.6 is 11.6 Å². The second-order valence-corrected chi connectivity index (χ2v) is 6.67. The first-order valence-corrected chi connectivity index (χ1v) is 9.42. The zero-order valence-electron chi connectivity index (χ0n) is 16.1. The third kappa shape index (κ3) is 5.89. The number of pyridine rings is 1. The quantitative estimate of drug-likeness (QED) is 0.447. The highest BCUT2D eigenvalue weighted by molar-refractivity contribution is 6.31. The minimum atomic E-state index is -0.409.